The van der Waals surface area contributed by atoms with Gasteiger partial charge in [0.2, 0.25) is 21.8 Å². The number of nitrogens with one attached hydrogen (secondary N) is 1. The van der Waals surface area contributed by atoms with Gasteiger partial charge in [0, 0.05) is 31.4 Å². The van der Waals surface area contributed by atoms with Crippen LogP contribution in [0.4, 0.5) is 5.69 Å². The van der Waals surface area contributed by atoms with E-state index in [1.54, 1.807) is 17.0 Å². The lowest BCUT2D eigenvalue weighted by atomic mass is 9.97. The Morgan fingerprint density at radius 1 is 1.06 bits per heavy atom. The second kappa shape index (κ2) is 10.1. The van der Waals surface area contributed by atoms with Crippen LogP contribution < -0.4 is 5.32 Å². The van der Waals surface area contributed by atoms with Crippen LogP contribution >= 0.6 is 0 Å². The summed E-state index contributed by atoms with van der Waals surface area (Å²) >= 11 is 0. The third-order valence-corrected chi connectivity index (χ3v) is 7.33. The molecule has 9 heteroatoms. The molecule has 8 nitrogen and oxygen atoms in total. The van der Waals surface area contributed by atoms with Crippen LogP contribution in [-0.2, 0) is 19.6 Å². The molecule has 170 valence electrons. The highest BCUT2D eigenvalue weighted by Crippen LogP contribution is 2.20. The normalized spacial score (nSPS) is 16.6. The summed E-state index contributed by atoms with van der Waals surface area (Å²) in [4.78, 5) is 38.4. The van der Waals surface area contributed by atoms with E-state index in [0.717, 1.165) is 4.31 Å². The van der Waals surface area contributed by atoms with Crippen LogP contribution in [0.25, 0.3) is 0 Å². The van der Waals surface area contributed by atoms with Gasteiger partial charge in [-0.25, -0.2) is 8.42 Å². The number of carbonyl (C=O) groups is 3. The Balaban J connectivity index is 1.61. The van der Waals surface area contributed by atoms with Crippen LogP contribution in [0.3, 0.4) is 0 Å². The molecule has 2 aromatic rings. The van der Waals surface area contributed by atoms with Crippen molar-refractivity contribution in [3.8, 4) is 0 Å². The molecule has 1 unspecified atom stereocenters. The topological polar surface area (TPSA) is 104 Å². The SMILES string of the molecule is CC(=O)c1ccc(S(=O)(=O)N(C)CC(=O)N2CCCC(C(=O)Nc3ccccc3)C2)cc1. The number of benzene rings is 2. The number of rotatable bonds is 7. The van der Waals surface area contributed by atoms with E-state index < -0.39 is 10.0 Å². The Morgan fingerprint density at radius 2 is 1.72 bits per heavy atom. The van der Waals surface area contributed by atoms with E-state index in [1.807, 2.05) is 18.2 Å². The fourth-order valence-electron chi connectivity index (χ4n) is 3.60. The number of carbonyl (C=O) groups excluding carboxylic acids is 3. The Hall–Kier alpha value is -3.04. The number of ketones is 1. The molecule has 0 aromatic heterocycles. The molecular weight excluding hydrogens is 430 g/mol. The number of likely N-dealkylation sites (tertiary alicyclic amines) is 1. The average Bonchev–Trinajstić information content (AvgIpc) is 2.79. The second-order valence-corrected chi connectivity index (χ2v) is 9.92. The molecule has 1 atom stereocenters. The minimum atomic E-state index is -3.89. The van der Waals surface area contributed by atoms with Gasteiger partial charge in [0.15, 0.2) is 5.78 Å². The monoisotopic (exact) mass is 457 g/mol. The summed E-state index contributed by atoms with van der Waals surface area (Å²) < 4.78 is 26.6. The number of hydrogen-bond donors (Lipinski definition) is 1. The number of likely N-dealkylation sites (N-methyl/N-ethyl adjacent to an activating group) is 1. The Labute approximate surface area is 188 Å². The van der Waals surface area contributed by atoms with E-state index in [2.05, 4.69) is 5.32 Å². The molecule has 1 N–H and O–H groups in total. The van der Waals surface area contributed by atoms with E-state index in [0.29, 0.717) is 30.6 Å². The molecule has 1 fully saturated rings. The van der Waals surface area contributed by atoms with Crippen molar-refractivity contribution in [1.82, 2.24) is 9.21 Å². The lowest BCUT2D eigenvalue weighted by molar-refractivity contribution is -0.134. The van der Waals surface area contributed by atoms with Crippen molar-refractivity contribution in [3.05, 3.63) is 60.2 Å². The van der Waals surface area contributed by atoms with Crippen LogP contribution in [-0.4, -0.2) is 61.9 Å². The van der Waals surface area contributed by atoms with Gasteiger partial charge in [-0.3, -0.25) is 14.4 Å². The fourth-order valence-corrected chi connectivity index (χ4v) is 4.72. The summed E-state index contributed by atoms with van der Waals surface area (Å²) in [6, 6.07) is 14.7. The zero-order valence-corrected chi connectivity index (χ0v) is 19.0. The molecule has 0 saturated carbocycles. The summed E-state index contributed by atoms with van der Waals surface area (Å²) in [6.07, 6.45) is 1.33. The van der Waals surface area contributed by atoms with E-state index in [-0.39, 0.29) is 41.5 Å². The number of nitrogens with zero attached hydrogens (tertiary/aromatic N) is 2. The van der Waals surface area contributed by atoms with Crippen molar-refractivity contribution >= 4 is 33.3 Å². The van der Waals surface area contributed by atoms with Crippen molar-refractivity contribution in [2.75, 3.05) is 32.0 Å². The first-order valence-corrected chi connectivity index (χ1v) is 11.8. The molecule has 0 aliphatic carbocycles. The smallest absolute Gasteiger partial charge is 0.243 e. The molecule has 1 aliphatic rings. The maximum atomic E-state index is 12.8. The molecule has 2 aromatic carbocycles. The molecule has 2 amide bonds. The van der Waals surface area contributed by atoms with E-state index >= 15 is 0 Å². The van der Waals surface area contributed by atoms with E-state index in [1.165, 1.54) is 38.2 Å². The Bertz CT molecular complexity index is 1080. The molecule has 3 rings (SSSR count). The van der Waals surface area contributed by atoms with Crippen LogP contribution in [0.5, 0.6) is 0 Å². The lowest BCUT2D eigenvalue weighted by Crippen LogP contribution is -2.47. The quantitative estimate of drug-likeness (QED) is 0.643. The number of sulfonamides is 1. The van der Waals surface area contributed by atoms with Gasteiger partial charge in [-0.1, -0.05) is 30.3 Å². The number of Topliss-reactive ketones (excluding diaryl/α,β-unsaturated/α-hetero) is 1. The highest BCUT2D eigenvalue weighted by Gasteiger charge is 2.31. The van der Waals surface area contributed by atoms with Gasteiger partial charge in [0.05, 0.1) is 17.4 Å². The van der Waals surface area contributed by atoms with Gasteiger partial charge in [-0.2, -0.15) is 4.31 Å². The molecule has 1 aliphatic heterocycles. The van der Waals surface area contributed by atoms with Gasteiger partial charge in [-0.05, 0) is 44.0 Å². The van der Waals surface area contributed by atoms with Crippen LogP contribution in [0, 0.1) is 5.92 Å². The number of anilines is 1. The number of para-hydroxylation sites is 1. The van der Waals surface area contributed by atoms with Crippen LogP contribution in [0.1, 0.15) is 30.1 Å². The average molecular weight is 458 g/mol. The zero-order chi connectivity index (χ0) is 23.3. The Morgan fingerprint density at radius 3 is 2.34 bits per heavy atom. The Kier molecular flexibility index (Phi) is 7.42. The number of piperidine rings is 1. The molecule has 0 radical (unpaired) electrons. The highest BCUT2D eigenvalue weighted by atomic mass is 32.2. The second-order valence-electron chi connectivity index (χ2n) is 7.88. The summed E-state index contributed by atoms with van der Waals surface area (Å²) in [5.41, 5.74) is 1.11. The molecule has 1 saturated heterocycles. The molecule has 0 bridgehead atoms. The predicted molar refractivity (Wildman–Crippen MR) is 121 cm³/mol. The first kappa shape index (κ1) is 23.6. The highest BCUT2D eigenvalue weighted by molar-refractivity contribution is 7.89. The van der Waals surface area contributed by atoms with Crippen molar-refractivity contribution in [2.24, 2.45) is 5.92 Å². The van der Waals surface area contributed by atoms with Crippen molar-refractivity contribution in [3.63, 3.8) is 0 Å². The van der Waals surface area contributed by atoms with E-state index in [9.17, 15) is 22.8 Å². The van der Waals surface area contributed by atoms with Crippen molar-refractivity contribution in [1.29, 1.82) is 0 Å². The maximum absolute atomic E-state index is 12.8. The summed E-state index contributed by atoms with van der Waals surface area (Å²) in [5, 5.41) is 2.86. The predicted octanol–water partition coefficient (Wildman–Crippen LogP) is 2.39. The van der Waals surface area contributed by atoms with E-state index in [4.69, 9.17) is 0 Å². The van der Waals surface area contributed by atoms with Crippen LogP contribution in [0.2, 0.25) is 0 Å². The first-order valence-electron chi connectivity index (χ1n) is 10.4. The first-order chi connectivity index (χ1) is 15.2. The van der Waals surface area contributed by atoms with Crippen LogP contribution in [0.15, 0.2) is 59.5 Å². The van der Waals surface area contributed by atoms with Gasteiger partial charge < -0.3 is 10.2 Å². The summed E-state index contributed by atoms with van der Waals surface area (Å²) in [6.45, 7) is 1.80. The van der Waals surface area contributed by atoms with Gasteiger partial charge in [0.25, 0.3) is 0 Å². The summed E-state index contributed by atoms with van der Waals surface area (Å²) in [5.74, 6) is -1.02. The molecule has 1 heterocycles. The zero-order valence-electron chi connectivity index (χ0n) is 18.2. The molecule has 0 spiro atoms. The maximum Gasteiger partial charge on any atom is 0.243 e. The standard InChI is InChI=1S/C23H27N3O5S/c1-17(27)18-10-12-21(13-11-18)32(30,31)25(2)16-22(28)26-14-6-7-19(15-26)23(29)24-20-8-4-3-5-9-20/h3-5,8-13,19H,6-7,14-16H2,1-2H3,(H,24,29). The minimum Gasteiger partial charge on any atom is -0.341 e. The summed E-state index contributed by atoms with van der Waals surface area (Å²) in [7, 11) is -2.55. The van der Waals surface area contributed by atoms with Crippen molar-refractivity contribution in [2.45, 2.75) is 24.7 Å². The third kappa shape index (κ3) is 5.60. The largest absolute Gasteiger partial charge is 0.341 e. The number of hydrogen-bond acceptors (Lipinski definition) is 5. The lowest BCUT2D eigenvalue weighted by Gasteiger charge is -2.33. The number of amides is 2. The van der Waals surface area contributed by atoms with Crippen molar-refractivity contribution < 1.29 is 22.8 Å². The fraction of sp³-hybridized carbons (Fsp3) is 0.348. The molecule has 32 heavy (non-hydrogen) atoms. The minimum absolute atomic E-state index is 0.0107. The molecular formula is C23H27N3O5S. The van der Waals surface area contributed by atoms with Gasteiger partial charge in [-0.15, -0.1) is 0 Å². The van der Waals surface area contributed by atoms with Gasteiger partial charge in [0.1, 0.15) is 0 Å². The third-order valence-electron chi connectivity index (χ3n) is 5.51. The van der Waals surface area contributed by atoms with Gasteiger partial charge >= 0.3 is 0 Å².